The van der Waals surface area contributed by atoms with E-state index < -0.39 is 0 Å². The van der Waals surface area contributed by atoms with Crippen LogP contribution in [0.2, 0.25) is 0 Å². The molecule has 6 heteroatoms. The SMILES string of the molecule is CC1CCN(c2nccc(Nc3ccccc3N3CCOCC3)n2)CC1. The van der Waals surface area contributed by atoms with Gasteiger partial charge in [0.2, 0.25) is 5.95 Å². The maximum Gasteiger partial charge on any atom is 0.227 e. The predicted molar refractivity (Wildman–Crippen MR) is 105 cm³/mol. The van der Waals surface area contributed by atoms with E-state index in [-0.39, 0.29) is 0 Å². The molecular formula is C20H27N5O. The second-order valence-electron chi connectivity index (χ2n) is 7.15. The van der Waals surface area contributed by atoms with Crippen LogP contribution >= 0.6 is 0 Å². The normalized spacial score (nSPS) is 18.8. The summed E-state index contributed by atoms with van der Waals surface area (Å²) in [5.74, 6) is 2.47. The van der Waals surface area contributed by atoms with Gasteiger partial charge < -0.3 is 19.9 Å². The summed E-state index contributed by atoms with van der Waals surface area (Å²) in [7, 11) is 0. The Bertz CT molecular complexity index is 724. The van der Waals surface area contributed by atoms with Gasteiger partial charge in [-0.2, -0.15) is 4.98 Å². The molecule has 1 aromatic heterocycles. The molecule has 4 rings (SSSR count). The van der Waals surface area contributed by atoms with Gasteiger partial charge in [-0.3, -0.25) is 0 Å². The summed E-state index contributed by atoms with van der Waals surface area (Å²) in [6, 6.07) is 10.3. The van der Waals surface area contributed by atoms with E-state index in [0.717, 1.165) is 62.8 Å². The number of benzene rings is 1. The lowest BCUT2D eigenvalue weighted by atomic mass is 10.00. The number of rotatable bonds is 4. The molecule has 1 N–H and O–H groups in total. The molecular weight excluding hydrogens is 326 g/mol. The third-order valence-corrected chi connectivity index (χ3v) is 5.23. The first-order chi connectivity index (χ1) is 12.8. The number of nitrogens with zero attached hydrogens (tertiary/aromatic N) is 4. The lowest BCUT2D eigenvalue weighted by Crippen LogP contribution is -2.36. The quantitative estimate of drug-likeness (QED) is 0.910. The minimum Gasteiger partial charge on any atom is -0.378 e. The van der Waals surface area contributed by atoms with Gasteiger partial charge in [-0.25, -0.2) is 4.98 Å². The first-order valence-electron chi connectivity index (χ1n) is 9.56. The van der Waals surface area contributed by atoms with Crippen molar-refractivity contribution in [2.45, 2.75) is 19.8 Å². The van der Waals surface area contributed by atoms with Crippen LogP contribution in [0, 0.1) is 5.92 Å². The molecule has 1 aromatic carbocycles. The molecule has 0 atom stereocenters. The van der Waals surface area contributed by atoms with Crippen molar-refractivity contribution in [3.8, 4) is 0 Å². The van der Waals surface area contributed by atoms with Gasteiger partial charge in [0.05, 0.1) is 24.6 Å². The van der Waals surface area contributed by atoms with E-state index in [9.17, 15) is 0 Å². The summed E-state index contributed by atoms with van der Waals surface area (Å²) in [4.78, 5) is 13.9. The van der Waals surface area contributed by atoms with Crippen LogP contribution in [0.4, 0.5) is 23.1 Å². The second kappa shape index (κ2) is 7.91. The molecule has 2 aliphatic rings. The molecule has 0 amide bonds. The number of piperidine rings is 1. The topological polar surface area (TPSA) is 53.5 Å². The van der Waals surface area contributed by atoms with Crippen LogP contribution < -0.4 is 15.1 Å². The van der Waals surface area contributed by atoms with Crippen molar-refractivity contribution in [3.05, 3.63) is 36.5 Å². The van der Waals surface area contributed by atoms with Crippen molar-refractivity contribution in [1.82, 2.24) is 9.97 Å². The first-order valence-corrected chi connectivity index (χ1v) is 9.56. The van der Waals surface area contributed by atoms with E-state index >= 15 is 0 Å². The van der Waals surface area contributed by atoms with Crippen LogP contribution in [0.15, 0.2) is 36.5 Å². The van der Waals surface area contributed by atoms with Crippen molar-refractivity contribution in [2.75, 3.05) is 54.5 Å². The summed E-state index contributed by atoms with van der Waals surface area (Å²) in [6.45, 7) is 7.78. The number of nitrogens with one attached hydrogen (secondary N) is 1. The molecule has 3 heterocycles. The zero-order valence-electron chi connectivity index (χ0n) is 15.4. The Labute approximate surface area is 155 Å². The van der Waals surface area contributed by atoms with E-state index in [4.69, 9.17) is 9.72 Å². The van der Waals surface area contributed by atoms with Crippen LogP contribution in [0.1, 0.15) is 19.8 Å². The Morgan fingerprint density at radius 2 is 1.77 bits per heavy atom. The largest absolute Gasteiger partial charge is 0.378 e. The second-order valence-corrected chi connectivity index (χ2v) is 7.15. The van der Waals surface area contributed by atoms with E-state index in [2.05, 4.69) is 51.3 Å². The Morgan fingerprint density at radius 3 is 2.58 bits per heavy atom. The number of morpholine rings is 1. The van der Waals surface area contributed by atoms with E-state index in [0.29, 0.717) is 0 Å². The molecule has 0 bridgehead atoms. The highest BCUT2D eigenvalue weighted by Crippen LogP contribution is 2.29. The van der Waals surface area contributed by atoms with Crippen LogP contribution in [-0.4, -0.2) is 49.4 Å². The number of hydrogen-bond acceptors (Lipinski definition) is 6. The van der Waals surface area contributed by atoms with Crippen LogP contribution in [0.5, 0.6) is 0 Å². The lowest BCUT2D eigenvalue weighted by molar-refractivity contribution is 0.123. The Morgan fingerprint density at radius 1 is 1.00 bits per heavy atom. The van der Waals surface area contributed by atoms with Gasteiger partial charge in [0.1, 0.15) is 5.82 Å². The molecule has 0 saturated carbocycles. The fourth-order valence-electron chi connectivity index (χ4n) is 3.58. The molecule has 138 valence electrons. The number of anilines is 4. The summed E-state index contributed by atoms with van der Waals surface area (Å²) in [6.07, 6.45) is 4.27. The van der Waals surface area contributed by atoms with Crippen molar-refractivity contribution in [2.24, 2.45) is 5.92 Å². The standard InChI is InChI=1S/C20H27N5O/c1-16-7-10-25(11-8-16)20-21-9-6-19(23-20)22-17-4-2-3-5-18(17)24-12-14-26-15-13-24/h2-6,9,16H,7-8,10-15H2,1H3,(H,21,22,23). The van der Waals surface area contributed by atoms with Crippen molar-refractivity contribution >= 4 is 23.1 Å². The van der Waals surface area contributed by atoms with Crippen LogP contribution in [0.25, 0.3) is 0 Å². The highest BCUT2D eigenvalue weighted by atomic mass is 16.5. The van der Waals surface area contributed by atoms with Crippen LogP contribution in [-0.2, 0) is 4.74 Å². The fraction of sp³-hybridized carbons (Fsp3) is 0.500. The first kappa shape index (κ1) is 17.1. The third kappa shape index (κ3) is 3.90. The lowest BCUT2D eigenvalue weighted by Gasteiger charge is -2.31. The maximum atomic E-state index is 5.48. The summed E-state index contributed by atoms with van der Waals surface area (Å²) in [5.41, 5.74) is 2.27. The summed E-state index contributed by atoms with van der Waals surface area (Å²) in [5, 5.41) is 3.50. The average molecular weight is 353 g/mol. The van der Waals surface area contributed by atoms with E-state index in [1.165, 1.54) is 18.5 Å². The minimum absolute atomic E-state index is 0.777. The molecule has 2 fully saturated rings. The van der Waals surface area contributed by atoms with Gasteiger partial charge >= 0.3 is 0 Å². The Hall–Kier alpha value is -2.34. The van der Waals surface area contributed by atoms with E-state index in [1.807, 2.05) is 12.3 Å². The molecule has 2 aliphatic heterocycles. The van der Waals surface area contributed by atoms with Crippen molar-refractivity contribution < 1.29 is 4.74 Å². The number of aromatic nitrogens is 2. The monoisotopic (exact) mass is 353 g/mol. The maximum absolute atomic E-state index is 5.48. The Kier molecular flexibility index (Phi) is 5.20. The number of hydrogen-bond donors (Lipinski definition) is 1. The zero-order valence-corrected chi connectivity index (χ0v) is 15.4. The molecule has 6 nitrogen and oxygen atoms in total. The van der Waals surface area contributed by atoms with Gasteiger partial charge in [-0.05, 0) is 37.0 Å². The number of ether oxygens (including phenoxy) is 1. The fourth-order valence-corrected chi connectivity index (χ4v) is 3.58. The van der Waals surface area contributed by atoms with Crippen molar-refractivity contribution in [3.63, 3.8) is 0 Å². The average Bonchev–Trinajstić information content (AvgIpc) is 2.70. The van der Waals surface area contributed by atoms with Gasteiger partial charge in [-0.1, -0.05) is 19.1 Å². The highest BCUT2D eigenvalue weighted by molar-refractivity contribution is 5.74. The molecule has 0 radical (unpaired) electrons. The summed E-state index contributed by atoms with van der Waals surface area (Å²) >= 11 is 0. The van der Waals surface area contributed by atoms with Gasteiger partial charge in [0, 0.05) is 32.4 Å². The molecule has 0 aliphatic carbocycles. The van der Waals surface area contributed by atoms with Gasteiger partial charge in [-0.15, -0.1) is 0 Å². The van der Waals surface area contributed by atoms with Gasteiger partial charge in [0.25, 0.3) is 0 Å². The smallest absolute Gasteiger partial charge is 0.227 e. The third-order valence-electron chi connectivity index (χ3n) is 5.23. The minimum atomic E-state index is 0.777. The molecule has 0 unspecified atom stereocenters. The molecule has 2 saturated heterocycles. The molecule has 0 spiro atoms. The Balaban J connectivity index is 1.52. The predicted octanol–water partition coefficient (Wildman–Crippen LogP) is 3.29. The number of para-hydroxylation sites is 2. The summed E-state index contributed by atoms with van der Waals surface area (Å²) < 4.78 is 5.48. The highest BCUT2D eigenvalue weighted by Gasteiger charge is 2.19. The van der Waals surface area contributed by atoms with Crippen LogP contribution in [0.3, 0.4) is 0 Å². The van der Waals surface area contributed by atoms with E-state index in [1.54, 1.807) is 0 Å². The molecule has 2 aromatic rings. The van der Waals surface area contributed by atoms with Crippen molar-refractivity contribution in [1.29, 1.82) is 0 Å². The molecule has 26 heavy (non-hydrogen) atoms. The zero-order chi connectivity index (χ0) is 17.8. The van der Waals surface area contributed by atoms with Gasteiger partial charge in [0.15, 0.2) is 0 Å².